The highest BCUT2D eigenvalue weighted by molar-refractivity contribution is 5.82. The highest BCUT2D eigenvalue weighted by atomic mass is 16.6. The summed E-state index contributed by atoms with van der Waals surface area (Å²) in [6, 6.07) is 0. The summed E-state index contributed by atoms with van der Waals surface area (Å²) in [5, 5.41) is 0. The molecule has 0 heterocycles. The highest BCUT2D eigenvalue weighted by Gasteiger charge is 2.28. The molecule has 0 saturated carbocycles. The Kier molecular flexibility index (Phi) is 6.09. The van der Waals surface area contributed by atoms with Gasteiger partial charge in [0.25, 0.3) is 0 Å². The quantitative estimate of drug-likeness (QED) is 0.560. The van der Waals surface area contributed by atoms with Crippen LogP contribution in [0.4, 0.5) is 0 Å². The fraction of sp³-hybridized carbons (Fsp3) is 0.714. The van der Waals surface area contributed by atoms with Gasteiger partial charge in [-0.25, -0.2) is 4.79 Å². The smallest absolute Gasteiger partial charge is 0.331 e. The van der Waals surface area contributed by atoms with Gasteiger partial charge in [0.05, 0.1) is 0 Å². The van der Waals surface area contributed by atoms with Crippen molar-refractivity contribution in [2.75, 3.05) is 6.61 Å². The first-order valence-electron chi connectivity index (χ1n) is 6.05. The van der Waals surface area contributed by atoms with Crippen LogP contribution in [-0.2, 0) is 19.1 Å². The molecule has 0 saturated heterocycles. The van der Waals surface area contributed by atoms with E-state index in [1.807, 2.05) is 13.8 Å². The lowest BCUT2D eigenvalue weighted by Crippen LogP contribution is -2.32. The summed E-state index contributed by atoms with van der Waals surface area (Å²) in [4.78, 5) is 22.0. The van der Waals surface area contributed by atoms with E-state index in [1.54, 1.807) is 0 Å². The molecular weight excluding hydrogens is 232 g/mol. The predicted octanol–water partition coefficient (Wildman–Crippen LogP) is 2.86. The van der Waals surface area contributed by atoms with Gasteiger partial charge in [-0.05, 0) is 31.8 Å². The number of ether oxygens (including phenoxy) is 2. The molecule has 0 atom stereocenters. The van der Waals surface area contributed by atoms with Crippen molar-refractivity contribution < 1.29 is 19.1 Å². The fourth-order valence-electron chi connectivity index (χ4n) is 1.93. The second-order valence-electron chi connectivity index (χ2n) is 6.12. The summed E-state index contributed by atoms with van der Waals surface area (Å²) in [6.07, 6.45) is 3.52. The largest absolute Gasteiger partial charge is 0.462 e. The average Bonchev–Trinajstić information content (AvgIpc) is 2.06. The molecule has 0 aromatic rings. The Morgan fingerprint density at radius 3 is 2.11 bits per heavy atom. The van der Waals surface area contributed by atoms with Gasteiger partial charge >= 0.3 is 11.9 Å². The minimum absolute atomic E-state index is 0.0874. The molecule has 0 aliphatic carbocycles. The molecule has 0 rings (SSSR count). The van der Waals surface area contributed by atoms with Gasteiger partial charge in [-0.15, -0.1) is 0 Å². The van der Waals surface area contributed by atoms with Crippen molar-refractivity contribution in [2.45, 2.75) is 53.6 Å². The summed E-state index contributed by atoms with van der Waals surface area (Å²) < 4.78 is 10.0. The second kappa shape index (κ2) is 6.57. The lowest BCUT2D eigenvalue weighted by Gasteiger charge is -2.31. The molecule has 0 aliphatic rings. The Hall–Kier alpha value is -1.32. The maximum absolute atomic E-state index is 11.5. The fourth-order valence-corrected chi connectivity index (χ4v) is 1.93. The van der Waals surface area contributed by atoms with E-state index < -0.39 is 11.6 Å². The van der Waals surface area contributed by atoms with Gasteiger partial charge in [0.15, 0.2) is 0 Å². The van der Waals surface area contributed by atoms with Crippen LogP contribution in [0.15, 0.2) is 12.2 Å². The Balaban J connectivity index is 4.18. The summed E-state index contributed by atoms with van der Waals surface area (Å²) in [7, 11) is 0. The average molecular weight is 256 g/mol. The van der Waals surface area contributed by atoms with Crippen molar-refractivity contribution in [1.29, 1.82) is 0 Å². The molecule has 0 unspecified atom stereocenters. The summed E-state index contributed by atoms with van der Waals surface area (Å²) >= 11 is 0. The van der Waals surface area contributed by atoms with E-state index in [4.69, 9.17) is 4.74 Å². The Labute approximate surface area is 109 Å². The molecule has 0 aromatic heterocycles. The number of esters is 2. The Bertz CT molecular complexity index is 321. The zero-order valence-electron chi connectivity index (χ0n) is 12.2. The third kappa shape index (κ3) is 9.87. The van der Waals surface area contributed by atoms with Gasteiger partial charge < -0.3 is 9.47 Å². The summed E-state index contributed by atoms with van der Waals surface area (Å²) in [5.74, 6) is -0.794. The zero-order valence-corrected chi connectivity index (χ0v) is 12.2. The van der Waals surface area contributed by atoms with Crippen LogP contribution in [0.1, 0.15) is 48.0 Å². The van der Waals surface area contributed by atoms with E-state index in [-0.39, 0.29) is 18.0 Å². The molecular formula is C14H24O4. The van der Waals surface area contributed by atoms with Crippen LogP contribution < -0.4 is 0 Å². The zero-order chi connectivity index (χ0) is 14.4. The van der Waals surface area contributed by atoms with Crippen molar-refractivity contribution in [3.05, 3.63) is 12.2 Å². The van der Waals surface area contributed by atoms with Crippen LogP contribution in [0, 0.1) is 5.41 Å². The first kappa shape index (κ1) is 16.7. The third-order valence-electron chi connectivity index (χ3n) is 1.97. The third-order valence-corrected chi connectivity index (χ3v) is 1.97. The van der Waals surface area contributed by atoms with Crippen molar-refractivity contribution in [2.24, 2.45) is 5.41 Å². The monoisotopic (exact) mass is 256 g/mol. The number of carbonyl (C=O) groups is 2. The van der Waals surface area contributed by atoms with Crippen molar-refractivity contribution in [1.82, 2.24) is 0 Å². The Morgan fingerprint density at radius 2 is 1.67 bits per heavy atom. The predicted molar refractivity (Wildman–Crippen MR) is 70.0 cm³/mol. The minimum Gasteiger partial charge on any atom is -0.462 e. The van der Waals surface area contributed by atoms with Gasteiger partial charge in [-0.3, -0.25) is 4.79 Å². The van der Waals surface area contributed by atoms with E-state index in [1.165, 1.54) is 19.1 Å². The molecule has 4 nitrogen and oxygen atoms in total. The van der Waals surface area contributed by atoms with Gasteiger partial charge in [0.2, 0.25) is 0 Å². The topological polar surface area (TPSA) is 52.6 Å². The SMILES string of the molecule is CC(=O)OC/C=C/C(=O)OC(C)(C)CC(C)(C)C. The Morgan fingerprint density at radius 1 is 1.11 bits per heavy atom. The van der Waals surface area contributed by atoms with Crippen molar-refractivity contribution in [3.8, 4) is 0 Å². The van der Waals surface area contributed by atoms with Crippen LogP contribution in [0.5, 0.6) is 0 Å². The molecule has 0 aromatic carbocycles. The standard InChI is InChI=1S/C14H24O4/c1-11(15)17-9-7-8-12(16)18-14(5,6)10-13(2,3)4/h7-8H,9-10H2,1-6H3/b8-7+. The van der Waals surface area contributed by atoms with Crippen LogP contribution in [0.2, 0.25) is 0 Å². The van der Waals surface area contributed by atoms with E-state index in [9.17, 15) is 9.59 Å². The maximum atomic E-state index is 11.5. The molecule has 0 radical (unpaired) electrons. The summed E-state index contributed by atoms with van der Waals surface area (Å²) in [5.41, 5.74) is -0.424. The van der Waals surface area contributed by atoms with Crippen LogP contribution in [-0.4, -0.2) is 24.1 Å². The molecule has 0 aliphatic heterocycles. The van der Waals surface area contributed by atoms with E-state index >= 15 is 0 Å². The lowest BCUT2D eigenvalue weighted by atomic mass is 9.84. The number of hydrogen-bond acceptors (Lipinski definition) is 4. The molecule has 0 fully saturated rings. The first-order chi connectivity index (χ1) is 8.02. The lowest BCUT2D eigenvalue weighted by molar-refractivity contribution is -0.152. The highest BCUT2D eigenvalue weighted by Crippen LogP contribution is 2.29. The molecule has 4 heteroatoms. The molecule has 0 spiro atoms. The number of carbonyl (C=O) groups excluding carboxylic acids is 2. The van der Waals surface area contributed by atoms with Crippen molar-refractivity contribution in [3.63, 3.8) is 0 Å². The van der Waals surface area contributed by atoms with E-state index in [2.05, 4.69) is 25.5 Å². The first-order valence-corrected chi connectivity index (χ1v) is 6.05. The van der Waals surface area contributed by atoms with Crippen LogP contribution >= 0.6 is 0 Å². The van der Waals surface area contributed by atoms with Gasteiger partial charge in [0.1, 0.15) is 12.2 Å². The number of hydrogen-bond donors (Lipinski definition) is 0. The number of rotatable bonds is 5. The van der Waals surface area contributed by atoms with E-state index in [0.717, 1.165) is 6.42 Å². The van der Waals surface area contributed by atoms with Crippen molar-refractivity contribution >= 4 is 11.9 Å². The van der Waals surface area contributed by atoms with Gasteiger partial charge in [0, 0.05) is 13.0 Å². The molecule has 0 N–H and O–H groups in total. The van der Waals surface area contributed by atoms with Crippen LogP contribution in [0.3, 0.4) is 0 Å². The van der Waals surface area contributed by atoms with Crippen LogP contribution in [0.25, 0.3) is 0 Å². The molecule has 0 bridgehead atoms. The molecule has 18 heavy (non-hydrogen) atoms. The minimum atomic E-state index is -0.513. The molecule has 104 valence electrons. The van der Waals surface area contributed by atoms with Gasteiger partial charge in [-0.2, -0.15) is 0 Å². The normalized spacial score (nSPS) is 12.6. The van der Waals surface area contributed by atoms with E-state index in [0.29, 0.717) is 0 Å². The summed E-state index contributed by atoms with van der Waals surface area (Å²) in [6.45, 7) is 11.5. The second-order valence-corrected chi connectivity index (χ2v) is 6.12. The molecule has 0 amide bonds. The van der Waals surface area contributed by atoms with Gasteiger partial charge in [-0.1, -0.05) is 20.8 Å². The maximum Gasteiger partial charge on any atom is 0.331 e.